The molecule has 0 aliphatic carbocycles. The minimum Gasteiger partial charge on any atom is -0.338 e. The number of nitro groups is 1. The molecule has 132 valence electrons. The first-order chi connectivity index (χ1) is 12.5. The Balaban J connectivity index is 1.90. The lowest BCUT2D eigenvalue weighted by Crippen LogP contribution is -2.31. The lowest BCUT2D eigenvalue weighted by molar-refractivity contribution is -0.384. The van der Waals surface area contributed by atoms with Gasteiger partial charge in [-0.1, -0.05) is 12.1 Å². The van der Waals surface area contributed by atoms with Crippen LogP contribution in [0.1, 0.15) is 27.8 Å². The van der Waals surface area contributed by atoms with Crippen molar-refractivity contribution in [3.8, 4) is 0 Å². The Hall–Kier alpha value is -3.55. The molecule has 3 aromatic rings. The molecule has 7 nitrogen and oxygen atoms in total. The number of amides is 1. The number of carbonyl (C=O) groups is 1. The number of carbonyl (C=O) groups excluding carboxylic acids is 1. The third kappa shape index (κ3) is 3.59. The highest BCUT2D eigenvalue weighted by Gasteiger charge is 2.22. The summed E-state index contributed by atoms with van der Waals surface area (Å²) in [6.45, 7) is 0. The second-order valence-corrected chi connectivity index (χ2v) is 5.66. The lowest BCUT2D eigenvalue weighted by Gasteiger charge is -2.19. The van der Waals surface area contributed by atoms with E-state index in [0.29, 0.717) is 11.4 Å². The van der Waals surface area contributed by atoms with Crippen LogP contribution < -0.4 is 5.32 Å². The van der Waals surface area contributed by atoms with Crippen molar-refractivity contribution in [3.63, 3.8) is 0 Å². The zero-order chi connectivity index (χ0) is 18.7. The monoisotopic (exact) mass is 354 g/mol. The molecule has 8 heteroatoms. The van der Waals surface area contributed by atoms with E-state index in [2.05, 4.69) is 10.3 Å². The number of nitrogens with zero attached hydrogens (tertiary/aromatic N) is 3. The van der Waals surface area contributed by atoms with Gasteiger partial charge in [-0.3, -0.25) is 14.9 Å². The van der Waals surface area contributed by atoms with Crippen LogP contribution in [-0.4, -0.2) is 20.4 Å². The van der Waals surface area contributed by atoms with E-state index in [0.717, 1.165) is 0 Å². The zero-order valence-corrected chi connectivity index (χ0v) is 13.8. The van der Waals surface area contributed by atoms with Gasteiger partial charge in [0.15, 0.2) is 0 Å². The molecule has 1 unspecified atom stereocenters. The molecular weight excluding hydrogens is 339 g/mol. The van der Waals surface area contributed by atoms with Crippen LogP contribution in [0.5, 0.6) is 0 Å². The number of rotatable bonds is 5. The maximum atomic E-state index is 13.2. The molecule has 0 spiro atoms. The average Bonchev–Trinajstić information content (AvgIpc) is 3.06. The molecule has 26 heavy (non-hydrogen) atoms. The summed E-state index contributed by atoms with van der Waals surface area (Å²) in [5.74, 6) is -0.224. The van der Waals surface area contributed by atoms with Gasteiger partial charge in [-0.25, -0.2) is 9.37 Å². The third-order valence-electron chi connectivity index (χ3n) is 3.94. The van der Waals surface area contributed by atoms with E-state index in [9.17, 15) is 19.3 Å². The van der Waals surface area contributed by atoms with Crippen LogP contribution in [0.2, 0.25) is 0 Å². The number of imidazole rings is 1. The predicted octanol–water partition coefficient (Wildman–Crippen LogP) is 2.99. The molecule has 1 atom stereocenters. The van der Waals surface area contributed by atoms with Crippen molar-refractivity contribution in [2.45, 2.75) is 6.04 Å². The van der Waals surface area contributed by atoms with Crippen LogP contribution in [0.25, 0.3) is 0 Å². The Morgan fingerprint density at radius 3 is 2.38 bits per heavy atom. The van der Waals surface area contributed by atoms with E-state index < -0.39 is 16.9 Å². The van der Waals surface area contributed by atoms with Crippen LogP contribution in [0, 0.1) is 15.9 Å². The van der Waals surface area contributed by atoms with Gasteiger partial charge in [0.05, 0.1) is 4.92 Å². The van der Waals surface area contributed by atoms with E-state index in [4.69, 9.17) is 0 Å². The van der Waals surface area contributed by atoms with E-state index in [1.165, 1.54) is 36.4 Å². The average molecular weight is 354 g/mol. The van der Waals surface area contributed by atoms with Gasteiger partial charge in [-0.2, -0.15) is 0 Å². The number of hydrogen-bond acceptors (Lipinski definition) is 4. The van der Waals surface area contributed by atoms with Crippen LogP contribution in [-0.2, 0) is 7.05 Å². The van der Waals surface area contributed by atoms with Crippen molar-refractivity contribution >= 4 is 11.6 Å². The molecule has 0 fully saturated rings. The Morgan fingerprint density at radius 1 is 1.19 bits per heavy atom. The Bertz CT molecular complexity index is 936. The van der Waals surface area contributed by atoms with Crippen LogP contribution >= 0.6 is 0 Å². The van der Waals surface area contributed by atoms with Gasteiger partial charge in [0, 0.05) is 37.1 Å². The van der Waals surface area contributed by atoms with Gasteiger partial charge in [0.2, 0.25) is 0 Å². The third-order valence-corrected chi connectivity index (χ3v) is 3.94. The van der Waals surface area contributed by atoms with E-state index >= 15 is 0 Å². The Morgan fingerprint density at radius 2 is 1.85 bits per heavy atom. The van der Waals surface area contributed by atoms with Crippen molar-refractivity contribution < 1.29 is 14.1 Å². The molecule has 0 aliphatic rings. The van der Waals surface area contributed by atoms with Crippen LogP contribution in [0.15, 0.2) is 60.9 Å². The summed E-state index contributed by atoms with van der Waals surface area (Å²) < 4.78 is 15.0. The SMILES string of the molecule is Cn1ccnc1C(NC(=O)c1ccc([N+](=O)[O-])cc1)c1ccc(F)cc1. The highest BCUT2D eigenvalue weighted by Crippen LogP contribution is 2.22. The van der Waals surface area contributed by atoms with Gasteiger partial charge in [0.1, 0.15) is 17.7 Å². The molecular formula is C18H15FN4O3. The highest BCUT2D eigenvalue weighted by atomic mass is 19.1. The van der Waals surface area contributed by atoms with Crippen molar-refractivity contribution in [2.75, 3.05) is 0 Å². The van der Waals surface area contributed by atoms with E-state index in [1.807, 2.05) is 0 Å². The van der Waals surface area contributed by atoms with Crippen LogP contribution in [0.4, 0.5) is 10.1 Å². The highest BCUT2D eigenvalue weighted by molar-refractivity contribution is 5.94. The number of aryl methyl sites for hydroxylation is 1. The van der Waals surface area contributed by atoms with Gasteiger partial charge < -0.3 is 9.88 Å². The summed E-state index contributed by atoms with van der Waals surface area (Å²) in [5, 5.41) is 13.6. The normalized spacial score (nSPS) is 11.8. The fourth-order valence-corrected chi connectivity index (χ4v) is 2.56. The molecule has 3 rings (SSSR count). The largest absolute Gasteiger partial charge is 0.338 e. The smallest absolute Gasteiger partial charge is 0.269 e. The summed E-state index contributed by atoms with van der Waals surface area (Å²) in [6, 6.07) is 10.5. The molecule has 1 heterocycles. The molecule has 1 N–H and O–H groups in total. The number of non-ortho nitro benzene ring substituents is 1. The summed E-state index contributed by atoms with van der Waals surface area (Å²) >= 11 is 0. The zero-order valence-electron chi connectivity index (χ0n) is 13.8. The molecule has 2 aromatic carbocycles. The minimum absolute atomic E-state index is 0.0965. The van der Waals surface area contributed by atoms with Crippen LogP contribution in [0.3, 0.4) is 0 Å². The first kappa shape index (κ1) is 17.3. The van der Waals surface area contributed by atoms with Crippen molar-refractivity contribution in [3.05, 3.63) is 93.8 Å². The van der Waals surface area contributed by atoms with Gasteiger partial charge in [-0.15, -0.1) is 0 Å². The van der Waals surface area contributed by atoms with Crippen molar-refractivity contribution in [2.24, 2.45) is 7.05 Å². The first-order valence-electron chi connectivity index (χ1n) is 7.73. The summed E-state index contributed by atoms with van der Waals surface area (Å²) in [6.07, 6.45) is 3.34. The van der Waals surface area contributed by atoms with Crippen molar-refractivity contribution in [1.82, 2.24) is 14.9 Å². The second kappa shape index (κ2) is 7.14. The lowest BCUT2D eigenvalue weighted by atomic mass is 10.0. The molecule has 0 saturated heterocycles. The molecule has 0 aliphatic heterocycles. The Labute approximate surface area is 148 Å². The molecule has 1 amide bonds. The summed E-state index contributed by atoms with van der Waals surface area (Å²) in [5.41, 5.74) is 0.841. The van der Waals surface area contributed by atoms with E-state index in [1.54, 1.807) is 36.1 Å². The van der Waals surface area contributed by atoms with E-state index in [-0.39, 0.29) is 17.1 Å². The summed E-state index contributed by atoms with van der Waals surface area (Å²) in [4.78, 5) is 27.1. The maximum Gasteiger partial charge on any atom is 0.269 e. The number of nitrogens with one attached hydrogen (secondary N) is 1. The molecule has 1 aromatic heterocycles. The first-order valence-corrected chi connectivity index (χ1v) is 7.73. The maximum absolute atomic E-state index is 13.2. The predicted molar refractivity (Wildman–Crippen MR) is 92.0 cm³/mol. The minimum atomic E-state index is -0.599. The molecule has 0 bridgehead atoms. The second-order valence-electron chi connectivity index (χ2n) is 5.66. The number of aromatic nitrogens is 2. The topological polar surface area (TPSA) is 90.1 Å². The van der Waals surface area contributed by atoms with Gasteiger partial charge in [-0.05, 0) is 29.8 Å². The number of halogens is 1. The van der Waals surface area contributed by atoms with Crippen molar-refractivity contribution in [1.29, 1.82) is 0 Å². The number of nitro benzene ring substituents is 1. The standard InChI is InChI=1S/C18H15FN4O3/c1-22-11-10-20-17(22)16(12-2-6-14(19)7-3-12)21-18(24)13-4-8-15(9-5-13)23(25)26/h2-11,16H,1H3,(H,21,24). The number of benzene rings is 2. The fraction of sp³-hybridized carbons (Fsp3) is 0.111. The number of hydrogen-bond donors (Lipinski definition) is 1. The fourth-order valence-electron chi connectivity index (χ4n) is 2.56. The van der Waals surface area contributed by atoms with Gasteiger partial charge >= 0.3 is 0 Å². The Kier molecular flexibility index (Phi) is 4.74. The molecule has 0 saturated carbocycles. The molecule has 0 radical (unpaired) electrons. The quantitative estimate of drug-likeness (QED) is 0.563. The van der Waals surface area contributed by atoms with Gasteiger partial charge in [0.25, 0.3) is 11.6 Å². The summed E-state index contributed by atoms with van der Waals surface area (Å²) in [7, 11) is 1.79.